The number of nitro benzene ring substituents is 1. The van der Waals surface area contributed by atoms with Crippen molar-refractivity contribution in [2.75, 3.05) is 11.9 Å². The number of carboxylic acid groups (broad SMARTS) is 1. The summed E-state index contributed by atoms with van der Waals surface area (Å²) >= 11 is 0. The van der Waals surface area contributed by atoms with E-state index in [9.17, 15) is 19.3 Å². The van der Waals surface area contributed by atoms with Crippen LogP contribution < -0.4 is 5.32 Å². The summed E-state index contributed by atoms with van der Waals surface area (Å²) in [5.74, 6) is -2.46. The maximum atomic E-state index is 13.3. The fourth-order valence-electron chi connectivity index (χ4n) is 1.11. The Hall–Kier alpha value is -2.18. The first-order valence-corrected chi connectivity index (χ1v) is 4.82. The summed E-state index contributed by atoms with van der Waals surface area (Å²) in [6.45, 7) is 1.52. The molecule has 0 radical (unpaired) electrons. The second kappa shape index (κ2) is 5.24. The SMILES string of the molecule is CC(CNc1ccc([N+](=O)[O-])cc1F)C(=O)O. The Balaban J connectivity index is 2.73. The minimum absolute atomic E-state index is 0.0451. The van der Waals surface area contributed by atoms with E-state index in [1.807, 2.05) is 0 Å². The van der Waals surface area contributed by atoms with Gasteiger partial charge in [0.15, 0.2) is 5.82 Å². The van der Waals surface area contributed by atoms with Crippen molar-refractivity contribution in [3.63, 3.8) is 0 Å². The number of non-ortho nitro benzene ring substituents is 1. The van der Waals surface area contributed by atoms with Crippen molar-refractivity contribution in [1.82, 2.24) is 0 Å². The van der Waals surface area contributed by atoms with E-state index < -0.39 is 22.6 Å². The van der Waals surface area contributed by atoms with E-state index in [2.05, 4.69) is 5.32 Å². The quantitative estimate of drug-likeness (QED) is 0.607. The van der Waals surface area contributed by atoms with Crippen LogP contribution in [0.1, 0.15) is 6.92 Å². The van der Waals surface area contributed by atoms with Gasteiger partial charge in [-0.25, -0.2) is 4.39 Å². The molecule has 2 N–H and O–H groups in total. The standard InChI is InChI=1S/C10H11FN2O4/c1-6(10(14)15)5-12-9-3-2-7(13(16)17)4-8(9)11/h2-4,6,12H,5H2,1H3,(H,14,15). The lowest BCUT2D eigenvalue weighted by Crippen LogP contribution is -2.20. The minimum Gasteiger partial charge on any atom is -0.481 e. The van der Waals surface area contributed by atoms with Crippen LogP contribution in [0.5, 0.6) is 0 Å². The van der Waals surface area contributed by atoms with Gasteiger partial charge in [0.1, 0.15) is 0 Å². The third kappa shape index (κ3) is 3.40. The summed E-state index contributed by atoms with van der Waals surface area (Å²) in [5, 5.41) is 21.6. The zero-order valence-corrected chi connectivity index (χ0v) is 9.01. The molecule has 1 aromatic carbocycles. The maximum Gasteiger partial charge on any atom is 0.308 e. The van der Waals surface area contributed by atoms with Crippen LogP contribution in [0.25, 0.3) is 0 Å². The molecular weight excluding hydrogens is 231 g/mol. The number of halogens is 1. The number of benzene rings is 1. The highest BCUT2D eigenvalue weighted by atomic mass is 19.1. The zero-order chi connectivity index (χ0) is 13.0. The van der Waals surface area contributed by atoms with Gasteiger partial charge in [-0.05, 0) is 6.07 Å². The molecule has 0 saturated carbocycles. The van der Waals surface area contributed by atoms with E-state index in [-0.39, 0.29) is 17.9 Å². The zero-order valence-electron chi connectivity index (χ0n) is 9.01. The second-order valence-corrected chi connectivity index (χ2v) is 3.54. The molecule has 0 amide bonds. The van der Waals surface area contributed by atoms with Crippen LogP contribution in [-0.2, 0) is 4.79 Å². The first-order chi connectivity index (χ1) is 7.91. The van der Waals surface area contributed by atoms with Crippen LogP contribution in [0.15, 0.2) is 18.2 Å². The Labute approximate surface area is 96.2 Å². The smallest absolute Gasteiger partial charge is 0.308 e. The highest BCUT2D eigenvalue weighted by Crippen LogP contribution is 2.20. The van der Waals surface area contributed by atoms with Gasteiger partial charge in [-0.3, -0.25) is 14.9 Å². The molecule has 0 heterocycles. The molecule has 17 heavy (non-hydrogen) atoms. The van der Waals surface area contributed by atoms with Gasteiger partial charge in [-0.1, -0.05) is 6.92 Å². The van der Waals surface area contributed by atoms with Gasteiger partial charge in [0, 0.05) is 12.6 Å². The highest BCUT2D eigenvalue weighted by Gasteiger charge is 2.13. The van der Waals surface area contributed by atoms with Crippen molar-refractivity contribution >= 4 is 17.3 Å². The van der Waals surface area contributed by atoms with Gasteiger partial charge in [-0.2, -0.15) is 0 Å². The summed E-state index contributed by atoms with van der Waals surface area (Å²) in [4.78, 5) is 20.2. The van der Waals surface area contributed by atoms with E-state index in [4.69, 9.17) is 5.11 Å². The van der Waals surface area contributed by atoms with E-state index >= 15 is 0 Å². The predicted octanol–water partition coefficient (Wildman–Crippen LogP) is 1.87. The van der Waals surface area contributed by atoms with Crippen LogP contribution >= 0.6 is 0 Å². The van der Waals surface area contributed by atoms with Crippen LogP contribution in [0, 0.1) is 21.8 Å². The molecule has 0 saturated heterocycles. The molecule has 1 unspecified atom stereocenters. The number of hydrogen-bond donors (Lipinski definition) is 2. The molecule has 92 valence electrons. The lowest BCUT2D eigenvalue weighted by Gasteiger charge is -2.10. The molecule has 0 bridgehead atoms. The van der Waals surface area contributed by atoms with E-state index in [1.165, 1.54) is 13.0 Å². The monoisotopic (exact) mass is 242 g/mol. The molecule has 0 spiro atoms. The molecular formula is C10H11FN2O4. The third-order valence-electron chi connectivity index (χ3n) is 2.18. The molecule has 0 aromatic heterocycles. The molecule has 0 fully saturated rings. The average molecular weight is 242 g/mol. The minimum atomic E-state index is -1.00. The molecule has 1 atom stereocenters. The van der Waals surface area contributed by atoms with Gasteiger partial charge in [0.05, 0.1) is 22.6 Å². The number of nitro groups is 1. The molecule has 1 rings (SSSR count). The number of carbonyl (C=O) groups is 1. The summed E-state index contributed by atoms with van der Waals surface area (Å²) < 4.78 is 13.3. The van der Waals surface area contributed by atoms with Crippen molar-refractivity contribution in [2.45, 2.75) is 6.92 Å². The number of rotatable bonds is 5. The Morgan fingerprint density at radius 2 is 2.29 bits per heavy atom. The molecule has 1 aromatic rings. The lowest BCUT2D eigenvalue weighted by molar-refractivity contribution is -0.385. The largest absolute Gasteiger partial charge is 0.481 e. The Bertz CT molecular complexity index is 450. The van der Waals surface area contributed by atoms with Crippen molar-refractivity contribution in [2.24, 2.45) is 5.92 Å². The number of hydrogen-bond acceptors (Lipinski definition) is 4. The number of aliphatic carboxylic acids is 1. The van der Waals surface area contributed by atoms with E-state index in [0.717, 1.165) is 12.1 Å². The van der Waals surface area contributed by atoms with Gasteiger partial charge in [-0.15, -0.1) is 0 Å². The molecule has 0 aliphatic carbocycles. The Kier molecular flexibility index (Phi) is 3.97. The second-order valence-electron chi connectivity index (χ2n) is 3.54. The number of nitrogens with one attached hydrogen (secondary N) is 1. The fraction of sp³-hybridized carbons (Fsp3) is 0.300. The number of carboxylic acids is 1. The van der Waals surface area contributed by atoms with E-state index in [1.54, 1.807) is 0 Å². The molecule has 0 aliphatic rings. The Morgan fingerprint density at radius 3 is 2.76 bits per heavy atom. The van der Waals surface area contributed by atoms with Crippen molar-refractivity contribution in [3.05, 3.63) is 34.1 Å². The summed E-state index contributed by atoms with van der Waals surface area (Å²) in [6.07, 6.45) is 0. The van der Waals surface area contributed by atoms with Gasteiger partial charge in [0.25, 0.3) is 5.69 Å². The fourth-order valence-corrected chi connectivity index (χ4v) is 1.11. The van der Waals surface area contributed by atoms with Gasteiger partial charge in [0.2, 0.25) is 0 Å². The average Bonchev–Trinajstić information content (AvgIpc) is 2.26. The van der Waals surface area contributed by atoms with Gasteiger partial charge >= 0.3 is 5.97 Å². The summed E-state index contributed by atoms with van der Waals surface area (Å²) in [7, 11) is 0. The maximum absolute atomic E-state index is 13.3. The highest BCUT2D eigenvalue weighted by molar-refractivity contribution is 5.70. The summed E-state index contributed by atoms with van der Waals surface area (Å²) in [5.41, 5.74) is -0.303. The normalized spacial score (nSPS) is 11.9. The van der Waals surface area contributed by atoms with Crippen LogP contribution in [0.4, 0.5) is 15.8 Å². The predicted molar refractivity (Wildman–Crippen MR) is 58.3 cm³/mol. The van der Waals surface area contributed by atoms with Crippen molar-refractivity contribution in [3.8, 4) is 0 Å². The van der Waals surface area contributed by atoms with Crippen LogP contribution in [0.2, 0.25) is 0 Å². The molecule has 6 nitrogen and oxygen atoms in total. The first kappa shape index (κ1) is 12.9. The first-order valence-electron chi connectivity index (χ1n) is 4.82. The van der Waals surface area contributed by atoms with Crippen molar-refractivity contribution in [1.29, 1.82) is 0 Å². The molecule has 0 aliphatic heterocycles. The summed E-state index contributed by atoms with van der Waals surface area (Å²) in [6, 6.07) is 3.15. The third-order valence-corrected chi connectivity index (χ3v) is 2.18. The van der Waals surface area contributed by atoms with Crippen LogP contribution in [-0.4, -0.2) is 22.5 Å². The van der Waals surface area contributed by atoms with Gasteiger partial charge < -0.3 is 10.4 Å². The lowest BCUT2D eigenvalue weighted by atomic mass is 10.2. The van der Waals surface area contributed by atoms with E-state index in [0.29, 0.717) is 0 Å². The molecule has 7 heteroatoms. The number of nitrogens with zero attached hydrogens (tertiary/aromatic N) is 1. The van der Waals surface area contributed by atoms with Crippen LogP contribution in [0.3, 0.4) is 0 Å². The topological polar surface area (TPSA) is 92.5 Å². The van der Waals surface area contributed by atoms with Crippen molar-refractivity contribution < 1.29 is 19.2 Å². The number of anilines is 1. The Morgan fingerprint density at radius 1 is 1.65 bits per heavy atom.